The molecule has 0 aliphatic rings. The van der Waals surface area contributed by atoms with Gasteiger partial charge in [0, 0.05) is 5.02 Å². The number of nitriles is 1. The predicted molar refractivity (Wildman–Crippen MR) is 61.4 cm³/mol. The maximum absolute atomic E-state index is 13.4. The molecule has 0 saturated carbocycles. The van der Waals surface area contributed by atoms with Crippen LogP contribution in [0.5, 0.6) is 0 Å². The van der Waals surface area contributed by atoms with Gasteiger partial charge in [-0.3, -0.25) is 0 Å². The molecule has 0 unspecified atom stereocenters. The van der Waals surface area contributed by atoms with Gasteiger partial charge in [0.05, 0.1) is 5.69 Å². The molecule has 84 valence electrons. The van der Waals surface area contributed by atoms with Crippen molar-refractivity contribution < 1.29 is 4.39 Å². The summed E-state index contributed by atoms with van der Waals surface area (Å²) in [4.78, 5) is 0. The molecule has 2 aromatic rings. The lowest BCUT2D eigenvalue weighted by molar-refractivity contribution is 0.632. The Labute approximate surface area is 102 Å². The van der Waals surface area contributed by atoms with Gasteiger partial charge in [-0.05, 0) is 30.3 Å². The lowest BCUT2D eigenvalue weighted by Gasteiger charge is -2.05. The number of hydrogen-bond donors (Lipinski definition) is 1. The predicted octanol–water partition coefficient (Wildman–Crippen LogP) is 2.88. The second kappa shape index (κ2) is 4.76. The van der Waals surface area contributed by atoms with Crippen LogP contribution in [0.3, 0.4) is 0 Å². The minimum absolute atomic E-state index is 0.201. The fraction of sp³-hybridized carbons (Fsp3) is 0. The molecule has 0 spiro atoms. The standard InChI is InChI=1S/C11H6ClFN4/c12-7-1-3-10(9(13)5-7)15-11-4-2-8(6-14)16-17-11/h1-5H,(H,15,17). The van der Waals surface area contributed by atoms with Crippen LogP contribution in [0.1, 0.15) is 5.69 Å². The van der Waals surface area contributed by atoms with Crippen molar-refractivity contribution in [1.29, 1.82) is 5.26 Å². The Balaban J connectivity index is 2.23. The topological polar surface area (TPSA) is 61.6 Å². The molecule has 17 heavy (non-hydrogen) atoms. The summed E-state index contributed by atoms with van der Waals surface area (Å²) in [5.74, 6) is -0.131. The SMILES string of the molecule is N#Cc1ccc(Nc2ccc(Cl)cc2F)nn1. The fourth-order valence-electron chi connectivity index (χ4n) is 1.19. The molecule has 0 saturated heterocycles. The first-order valence-electron chi connectivity index (χ1n) is 4.65. The van der Waals surface area contributed by atoms with Gasteiger partial charge in [0.1, 0.15) is 11.9 Å². The zero-order valence-corrected chi connectivity index (χ0v) is 9.24. The van der Waals surface area contributed by atoms with E-state index in [9.17, 15) is 4.39 Å². The average Bonchev–Trinajstić information content (AvgIpc) is 2.34. The van der Waals surface area contributed by atoms with Crippen molar-refractivity contribution in [3.05, 3.63) is 46.9 Å². The lowest BCUT2D eigenvalue weighted by Crippen LogP contribution is -1.98. The molecule has 0 atom stereocenters. The molecular weight excluding hydrogens is 243 g/mol. The van der Waals surface area contributed by atoms with Crippen LogP contribution in [-0.2, 0) is 0 Å². The largest absolute Gasteiger partial charge is 0.336 e. The Morgan fingerprint density at radius 1 is 1.24 bits per heavy atom. The zero-order valence-electron chi connectivity index (χ0n) is 8.48. The summed E-state index contributed by atoms with van der Waals surface area (Å²) in [6.45, 7) is 0. The molecular formula is C11H6ClFN4. The van der Waals surface area contributed by atoms with Crippen LogP contribution >= 0.6 is 11.6 Å². The van der Waals surface area contributed by atoms with Crippen molar-refractivity contribution in [2.45, 2.75) is 0 Å². The third kappa shape index (κ3) is 2.68. The summed E-state index contributed by atoms with van der Waals surface area (Å²) in [6, 6.07) is 9.13. The van der Waals surface area contributed by atoms with E-state index in [-0.39, 0.29) is 11.4 Å². The van der Waals surface area contributed by atoms with Gasteiger partial charge < -0.3 is 5.32 Å². The Kier molecular flexibility index (Phi) is 3.17. The van der Waals surface area contributed by atoms with Gasteiger partial charge in [0.25, 0.3) is 0 Å². The van der Waals surface area contributed by atoms with E-state index >= 15 is 0 Å². The van der Waals surface area contributed by atoms with E-state index in [0.717, 1.165) is 0 Å². The molecule has 6 heteroatoms. The molecule has 1 aromatic carbocycles. The summed E-state index contributed by atoms with van der Waals surface area (Å²) >= 11 is 5.63. The molecule has 0 aliphatic carbocycles. The van der Waals surface area contributed by atoms with E-state index in [2.05, 4.69) is 15.5 Å². The third-order valence-electron chi connectivity index (χ3n) is 1.97. The van der Waals surface area contributed by atoms with Crippen molar-refractivity contribution in [2.24, 2.45) is 0 Å². The minimum Gasteiger partial charge on any atom is -0.336 e. The van der Waals surface area contributed by atoms with Crippen molar-refractivity contribution >= 4 is 23.1 Å². The lowest BCUT2D eigenvalue weighted by atomic mass is 10.3. The number of aromatic nitrogens is 2. The summed E-state index contributed by atoms with van der Waals surface area (Å²) in [6.07, 6.45) is 0. The average molecular weight is 249 g/mol. The van der Waals surface area contributed by atoms with Crippen LogP contribution in [0.4, 0.5) is 15.9 Å². The van der Waals surface area contributed by atoms with E-state index in [1.165, 1.54) is 18.2 Å². The van der Waals surface area contributed by atoms with Gasteiger partial charge >= 0.3 is 0 Å². The second-order valence-corrected chi connectivity index (χ2v) is 3.60. The molecule has 0 fully saturated rings. The van der Waals surface area contributed by atoms with Crippen LogP contribution in [0.15, 0.2) is 30.3 Å². The van der Waals surface area contributed by atoms with E-state index < -0.39 is 5.82 Å². The first-order valence-corrected chi connectivity index (χ1v) is 5.03. The Morgan fingerprint density at radius 2 is 2.06 bits per heavy atom. The van der Waals surface area contributed by atoms with Crippen molar-refractivity contribution in [1.82, 2.24) is 10.2 Å². The molecule has 0 bridgehead atoms. The van der Waals surface area contributed by atoms with E-state index in [1.807, 2.05) is 6.07 Å². The molecule has 1 aromatic heterocycles. The highest BCUT2D eigenvalue weighted by Crippen LogP contribution is 2.21. The van der Waals surface area contributed by atoms with Gasteiger partial charge in [-0.25, -0.2) is 4.39 Å². The van der Waals surface area contributed by atoms with E-state index in [1.54, 1.807) is 12.1 Å². The normalized spacial score (nSPS) is 9.71. The van der Waals surface area contributed by atoms with Crippen LogP contribution in [-0.4, -0.2) is 10.2 Å². The monoisotopic (exact) mass is 248 g/mol. The highest BCUT2D eigenvalue weighted by atomic mass is 35.5. The van der Waals surface area contributed by atoms with Gasteiger partial charge in [0.15, 0.2) is 11.5 Å². The van der Waals surface area contributed by atoms with Crippen LogP contribution < -0.4 is 5.32 Å². The first kappa shape index (κ1) is 11.3. The van der Waals surface area contributed by atoms with Gasteiger partial charge in [0.2, 0.25) is 0 Å². The van der Waals surface area contributed by atoms with Gasteiger partial charge in [-0.1, -0.05) is 11.6 Å². The fourth-order valence-corrected chi connectivity index (χ4v) is 1.35. The molecule has 0 aliphatic heterocycles. The third-order valence-corrected chi connectivity index (χ3v) is 2.21. The zero-order chi connectivity index (χ0) is 12.3. The highest BCUT2D eigenvalue weighted by molar-refractivity contribution is 6.30. The first-order chi connectivity index (χ1) is 8.19. The number of nitrogens with zero attached hydrogens (tertiary/aromatic N) is 3. The van der Waals surface area contributed by atoms with Gasteiger partial charge in [-0.2, -0.15) is 5.26 Å². The van der Waals surface area contributed by atoms with Crippen LogP contribution in [0, 0.1) is 17.1 Å². The summed E-state index contributed by atoms with van der Waals surface area (Å²) in [5, 5.41) is 18.9. The van der Waals surface area contributed by atoms with E-state index in [4.69, 9.17) is 16.9 Å². The Hall–Kier alpha value is -2.19. The van der Waals surface area contributed by atoms with Crippen molar-refractivity contribution in [3.8, 4) is 6.07 Å². The quantitative estimate of drug-likeness (QED) is 0.888. The Bertz CT molecular complexity index is 577. The van der Waals surface area contributed by atoms with Crippen LogP contribution in [0.25, 0.3) is 0 Å². The smallest absolute Gasteiger partial charge is 0.163 e. The minimum atomic E-state index is -0.483. The molecule has 0 amide bonds. The summed E-state index contributed by atoms with van der Waals surface area (Å²) in [7, 11) is 0. The van der Waals surface area contributed by atoms with Crippen molar-refractivity contribution in [3.63, 3.8) is 0 Å². The number of nitrogens with one attached hydrogen (secondary N) is 1. The maximum atomic E-state index is 13.4. The molecule has 0 radical (unpaired) electrons. The van der Waals surface area contributed by atoms with E-state index in [0.29, 0.717) is 10.8 Å². The number of hydrogen-bond acceptors (Lipinski definition) is 4. The molecule has 1 N–H and O–H groups in total. The molecule has 1 heterocycles. The molecule has 2 rings (SSSR count). The van der Waals surface area contributed by atoms with Crippen LogP contribution in [0.2, 0.25) is 5.02 Å². The number of halogens is 2. The summed E-state index contributed by atoms with van der Waals surface area (Å²) in [5.41, 5.74) is 0.445. The number of anilines is 2. The second-order valence-electron chi connectivity index (χ2n) is 3.16. The molecule has 4 nitrogen and oxygen atoms in total. The maximum Gasteiger partial charge on any atom is 0.163 e. The number of benzene rings is 1. The highest BCUT2D eigenvalue weighted by Gasteiger charge is 2.04. The number of rotatable bonds is 2. The Morgan fingerprint density at radius 3 is 2.65 bits per heavy atom. The van der Waals surface area contributed by atoms with Crippen molar-refractivity contribution in [2.75, 3.05) is 5.32 Å². The summed E-state index contributed by atoms with van der Waals surface area (Å²) < 4.78 is 13.4. The van der Waals surface area contributed by atoms with Gasteiger partial charge in [-0.15, -0.1) is 10.2 Å².